The van der Waals surface area contributed by atoms with Gasteiger partial charge in [-0.2, -0.15) is 4.98 Å². The molecular weight excluding hydrogens is 410 g/mol. The number of fused-ring (bicyclic) bond motifs is 1. The standard InChI is InChI=1S/C16H16ClN5O3S2/c1-27(23,24)21-11-4-2-10(3-5-11)14-18-12-13(22-6-8-25-9-7-22)19-16(17)20-15(12)26-14/h2-5,21H,6-9H2,1H3. The molecule has 142 valence electrons. The van der Waals surface area contributed by atoms with Crippen LogP contribution in [0.2, 0.25) is 5.28 Å². The Bertz CT molecular complexity index is 1080. The Labute approximate surface area is 165 Å². The van der Waals surface area contributed by atoms with Crippen molar-refractivity contribution in [1.29, 1.82) is 0 Å². The fraction of sp³-hybridized carbons (Fsp3) is 0.312. The molecule has 0 radical (unpaired) electrons. The Morgan fingerprint density at radius 2 is 1.85 bits per heavy atom. The van der Waals surface area contributed by atoms with Crippen LogP contribution >= 0.6 is 22.9 Å². The van der Waals surface area contributed by atoms with Gasteiger partial charge in [-0.15, -0.1) is 0 Å². The highest BCUT2D eigenvalue weighted by Crippen LogP contribution is 2.34. The number of nitrogens with one attached hydrogen (secondary N) is 1. The first-order chi connectivity index (χ1) is 12.9. The lowest BCUT2D eigenvalue weighted by Gasteiger charge is -2.27. The zero-order valence-electron chi connectivity index (χ0n) is 14.3. The molecule has 1 fully saturated rings. The SMILES string of the molecule is CS(=O)(=O)Nc1ccc(-c2nc3c(N4CCOCC4)nc(Cl)nc3s2)cc1. The number of sulfonamides is 1. The molecule has 27 heavy (non-hydrogen) atoms. The van der Waals surface area contributed by atoms with Gasteiger partial charge in [0.25, 0.3) is 0 Å². The van der Waals surface area contributed by atoms with Crippen LogP contribution in [-0.4, -0.2) is 55.9 Å². The van der Waals surface area contributed by atoms with Gasteiger partial charge in [-0.25, -0.2) is 18.4 Å². The average Bonchev–Trinajstić information content (AvgIpc) is 3.05. The molecular formula is C16H16ClN5O3S2. The van der Waals surface area contributed by atoms with Gasteiger partial charge in [-0.1, -0.05) is 11.3 Å². The Balaban J connectivity index is 1.71. The number of hydrogen-bond donors (Lipinski definition) is 1. The fourth-order valence-electron chi connectivity index (χ4n) is 2.80. The minimum absolute atomic E-state index is 0.187. The number of anilines is 2. The highest BCUT2D eigenvalue weighted by atomic mass is 35.5. The van der Waals surface area contributed by atoms with E-state index in [0.29, 0.717) is 35.1 Å². The van der Waals surface area contributed by atoms with Crippen LogP contribution in [0.3, 0.4) is 0 Å². The largest absolute Gasteiger partial charge is 0.378 e. The number of benzene rings is 1. The monoisotopic (exact) mass is 425 g/mol. The normalized spacial score (nSPS) is 15.3. The molecule has 0 unspecified atom stereocenters. The van der Waals surface area contributed by atoms with E-state index >= 15 is 0 Å². The average molecular weight is 426 g/mol. The summed E-state index contributed by atoms with van der Waals surface area (Å²) in [5.41, 5.74) is 2.07. The van der Waals surface area contributed by atoms with Gasteiger partial charge in [0, 0.05) is 24.3 Å². The summed E-state index contributed by atoms with van der Waals surface area (Å²) in [5.74, 6) is 0.714. The zero-order valence-corrected chi connectivity index (χ0v) is 16.7. The van der Waals surface area contributed by atoms with E-state index in [4.69, 9.17) is 21.3 Å². The van der Waals surface area contributed by atoms with Crippen LogP contribution in [-0.2, 0) is 14.8 Å². The summed E-state index contributed by atoms with van der Waals surface area (Å²) in [6, 6.07) is 7.03. The molecule has 4 rings (SSSR count). The Morgan fingerprint density at radius 1 is 1.15 bits per heavy atom. The van der Waals surface area contributed by atoms with Gasteiger partial charge in [0.05, 0.1) is 19.5 Å². The molecule has 1 aliphatic heterocycles. The molecule has 1 aliphatic rings. The topological polar surface area (TPSA) is 97.3 Å². The number of rotatable bonds is 4. The quantitative estimate of drug-likeness (QED) is 0.641. The summed E-state index contributed by atoms with van der Waals surface area (Å²) >= 11 is 7.53. The van der Waals surface area contributed by atoms with Crippen LogP contribution in [0, 0.1) is 0 Å². The van der Waals surface area contributed by atoms with E-state index in [1.165, 1.54) is 11.3 Å². The molecule has 0 saturated carbocycles. The lowest BCUT2D eigenvalue weighted by Crippen LogP contribution is -2.37. The number of ether oxygens (including phenoxy) is 1. The predicted octanol–water partition coefficient (Wildman–Crippen LogP) is 2.61. The van der Waals surface area contributed by atoms with Crippen LogP contribution in [0.1, 0.15) is 0 Å². The predicted molar refractivity (Wildman–Crippen MR) is 107 cm³/mol. The van der Waals surface area contributed by atoms with Gasteiger partial charge in [0.1, 0.15) is 10.5 Å². The lowest BCUT2D eigenvalue weighted by atomic mass is 10.2. The summed E-state index contributed by atoms with van der Waals surface area (Å²) in [7, 11) is -3.31. The summed E-state index contributed by atoms with van der Waals surface area (Å²) in [4.78, 5) is 16.2. The first kappa shape index (κ1) is 18.4. The maximum atomic E-state index is 11.3. The second-order valence-electron chi connectivity index (χ2n) is 6.04. The first-order valence-corrected chi connectivity index (χ1v) is 11.2. The molecule has 11 heteroatoms. The smallest absolute Gasteiger partial charge is 0.229 e. The molecule has 0 spiro atoms. The van der Waals surface area contributed by atoms with Crippen LogP contribution in [0.25, 0.3) is 20.9 Å². The minimum Gasteiger partial charge on any atom is -0.378 e. The molecule has 3 heterocycles. The summed E-state index contributed by atoms with van der Waals surface area (Å²) in [5, 5.41) is 0.953. The van der Waals surface area contributed by atoms with Crippen molar-refractivity contribution in [3.63, 3.8) is 0 Å². The molecule has 0 aliphatic carbocycles. The van der Waals surface area contributed by atoms with Gasteiger partial charge in [-0.05, 0) is 35.9 Å². The van der Waals surface area contributed by atoms with E-state index < -0.39 is 10.0 Å². The number of halogens is 1. The zero-order chi connectivity index (χ0) is 19.0. The summed E-state index contributed by atoms with van der Waals surface area (Å²) in [6.45, 7) is 2.71. The van der Waals surface area contributed by atoms with Crippen molar-refractivity contribution in [2.45, 2.75) is 0 Å². The molecule has 1 aromatic carbocycles. The van der Waals surface area contributed by atoms with Gasteiger partial charge in [0.2, 0.25) is 15.3 Å². The van der Waals surface area contributed by atoms with Gasteiger partial charge < -0.3 is 9.64 Å². The van der Waals surface area contributed by atoms with Crippen molar-refractivity contribution in [2.75, 3.05) is 42.2 Å². The first-order valence-electron chi connectivity index (χ1n) is 8.14. The second kappa shape index (κ2) is 7.19. The lowest BCUT2D eigenvalue weighted by molar-refractivity contribution is 0.122. The third kappa shape index (κ3) is 4.13. The number of morpholine rings is 1. The Hall–Kier alpha value is -2.01. The molecule has 0 amide bonds. The van der Waals surface area contributed by atoms with E-state index in [2.05, 4.69) is 19.6 Å². The van der Waals surface area contributed by atoms with E-state index in [-0.39, 0.29) is 5.28 Å². The number of aromatic nitrogens is 3. The molecule has 1 saturated heterocycles. The van der Waals surface area contributed by atoms with Gasteiger partial charge >= 0.3 is 0 Å². The van der Waals surface area contributed by atoms with Crippen molar-refractivity contribution in [1.82, 2.24) is 15.0 Å². The second-order valence-corrected chi connectivity index (χ2v) is 9.10. The molecule has 0 atom stereocenters. The highest BCUT2D eigenvalue weighted by molar-refractivity contribution is 7.92. The summed E-state index contributed by atoms with van der Waals surface area (Å²) < 4.78 is 30.5. The van der Waals surface area contributed by atoms with E-state index in [1.807, 2.05) is 12.1 Å². The minimum atomic E-state index is -3.31. The van der Waals surface area contributed by atoms with Crippen molar-refractivity contribution >= 4 is 54.8 Å². The van der Waals surface area contributed by atoms with Crippen molar-refractivity contribution in [2.24, 2.45) is 0 Å². The van der Waals surface area contributed by atoms with Gasteiger partial charge in [0.15, 0.2) is 10.6 Å². The number of thiazole rings is 1. The van der Waals surface area contributed by atoms with Crippen LogP contribution in [0.4, 0.5) is 11.5 Å². The highest BCUT2D eigenvalue weighted by Gasteiger charge is 2.20. The Morgan fingerprint density at radius 3 is 2.52 bits per heavy atom. The molecule has 2 aromatic heterocycles. The fourth-order valence-corrected chi connectivity index (χ4v) is 4.52. The van der Waals surface area contributed by atoms with Crippen molar-refractivity contribution in [3.8, 4) is 10.6 Å². The van der Waals surface area contributed by atoms with E-state index in [1.54, 1.807) is 12.1 Å². The van der Waals surface area contributed by atoms with Crippen molar-refractivity contribution in [3.05, 3.63) is 29.5 Å². The van der Waals surface area contributed by atoms with E-state index in [0.717, 1.165) is 29.9 Å². The molecule has 1 N–H and O–H groups in total. The van der Waals surface area contributed by atoms with E-state index in [9.17, 15) is 8.42 Å². The molecule has 0 bridgehead atoms. The van der Waals surface area contributed by atoms with Crippen molar-refractivity contribution < 1.29 is 13.2 Å². The number of hydrogen-bond acceptors (Lipinski definition) is 8. The molecule has 8 nitrogen and oxygen atoms in total. The molecule has 3 aromatic rings. The van der Waals surface area contributed by atoms with Crippen LogP contribution in [0.5, 0.6) is 0 Å². The third-order valence-electron chi connectivity index (χ3n) is 3.96. The number of nitrogens with zero attached hydrogens (tertiary/aromatic N) is 4. The van der Waals surface area contributed by atoms with Gasteiger partial charge in [-0.3, -0.25) is 4.72 Å². The maximum absolute atomic E-state index is 11.3. The Kier molecular flexibility index (Phi) is 4.89. The summed E-state index contributed by atoms with van der Waals surface area (Å²) in [6.07, 6.45) is 1.12. The van der Waals surface area contributed by atoms with Crippen LogP contribution < -0.4 is 9.62 Å². The maximum Gasteiger partial charge on any atom is 0.229 e. The van der Waals surface area contributed by atoms with Crippen LogP contribution in [0.15, 0.2) is 24.3 Å². The third-order valence-corrected chi connectivity index (χ3v) is 5.73.